The molecule has 1 aliphatic heterocycles. The number of carbonyl (C=O) groups excluding carboxylic acids is 1. The van der Waals surface area contributed by atoms with Crippen LogP contribution in [-0.2, 0) is 0 Å². The molecule has 1 heterocycles. The van der Waals surface area contributed by atoms with Crippen molar-refractivity contribution in [2.75, 3.05) is 30.4 Å². The van der Waals surface area contributed by atoms with Crippen molar-refractivity contribution in [3.8, 4) is 0 Å². The highest BCUT2D eigenvalue weighted by molar-refractivity contribution is 6.01. The van der Waals surface area contributed by atoms with Gasteiger partial charge in [-0.1, -0.05) is 30.3 Å². The van der Waals surface area contributed by atoms with E-state index in [1.807, 2.05) is 42.5 Å². The van der Waals surface area contributed by atoms with E-state index in [9.17, 15) is 4.79 Å². The molecule has 4 nitrogen and oxygen atoms in total. The Bertz CT molecular complexity index is 651. The van der Waals surface area contributed by atoms with Gasteiger partial charge in [0.05, 0.1) is 0 Å². The first-order valence-corrected chi connectivity index (χ1v) is 8.14. The summed E-state index contributed by atoms with van der Waals surface area (Å²) in [5.74, 6) is 0.536. The Balaban J connectivity index is 1.71. The lowest BCUT2D eigenvalue weighted by atomic mass is 9.91. The number of para-hydroxylation sites is 1. The zero-order valence-corrected chi connectivity index (χ0v) is 13.5. The molecule has 1 fully saturated rings. The number of hydrogen-bond donors (Lipinski definition) is 2. The molecule has 23 heavy (non-hydrogen) atoms. The van der Waals surface area contributed by atoms with Crippen molar-refractivity contribution in [1.82, 2.24) is 5.32 Å². The van der Waals surface area contributed by atoms with Crippen LogP contribution >= 0.6 is 0 Å². The number of carbonyl (C=O) groups is 1. The fourth-order valence-electron chi connectivity index (χ4n) is 2.97. The van der Waals surface area contributed by atoms with Gasteiger partial charge in [0.2, 0.25) is 0 Å². The Morgan fingerprint density at radius 3 is 2.74 bits per heavy atom. The van der Waals surface area contributed by atoms with Crippen LogP contribution in [-0.4, -0.2) is 26.2 Å². The lowest BCUT2D eigenvalue weighted by molar-refractivity contribution is 0.258. The van der Waals surface area contributed by atoms with E-state index in [1.54, 1.807) is 11.9 Å². The average molecular weight is 309 g/mol. The SMILES string of the molecule is CN(C(=O)Nc1ccccc1)c1cccc([C@@H]2CCCNC2)c1. The maximum Gasteiger partial charge on any atom is 0.326 e. The molecule has 0 aromatic heterocycles. The quantitative estimate of drug-likeness (QED) is 0.905. The van der Waals surface area contributed by atoms with Crippen LogP contribution in [0.25, 0.3) is 0 Å². The van der Waals surface area contributed by atoms with Crippen LogP contribution in [0.2, 0.25) is 0 Å². The van der Waals surface area contributed by atoms with Gasteiger partial charge in [0.25, 0.3) is 0 Å². The molecule has 1 saturated heterocycles. The predicted molar refractivity (Wildman–Crippen MR) is 95.2 cm³/mol. The summed E-state index contributed by atoms with van der Waals surface area (Å²) in [4.78, 5) is 14.1. The molecule has 2 aromatic rings. The Morgan fingerprint density at radius 1 is 1.17 bits per heavy atom. The van der Waals surface area contributed by atoms with Crippen molar-refractivity contribution in [2.24, 2.45) is 0 Å². The van der Waals surface area contributed by atoms with Gasteiger partial charge in [0, 0.05) is 25.0 Å². The van der Waals surface area contributed by atoms with E-state index < -0.39 is 0 Å². The molecule has 0 aliphatic carbocycles. The van der Waals surface area contributed by atoms with Gasteiger partial charge < -0.3 is 10.6 Å². The van der Waals surface area contributed by atoms with Gasteiger partial charge in [-0.2, -0.15) is 0 Å². The standard InChI is InChI=1S/C19H23N3O/c1-22(19(23)21-17-9-3-2-4-10-17)18-11-5-7-15(13-18)16-8-6-12-20-14-16/h2-5,7,9-11,13,16,20H,6,8,12,14H2,1H3,(H,21,23)/t16-/m1/s1. The fraction of sp³-hybridized carbons (Fsp3) is 0.316. The van der Waals surface area contributed by atoms with Crippen molar-refractivity contribution in [3.63, 3.8) is 0 Å². The number of nitrogens with zero attached hydrogens (tertiary/aromatic N) is 1. The zero-order valence-electron chi connectivity index (χ0n) is 13.5. The summed E-state index contributed by atoms with van der Waals surface area (Å²) in [6, 6.07) is 17.7. The van der Waals surface area contributed by atoms with E-state index in [2.05, 4.69) is 22.8 Å². The summed E-state index contributed by atoms with van der Waals surface area (Å²) in [5.41, 5.74) is 3.02. The molecule has 2 amide bonds. The molecule has 2 aromatic carbocycles. The molecule has 0 unspecified atom stereocenters. The normalized spacial score (nSPS) is 17.5. The van der Waals surface area contributed by atoms with Crippen molar-refractivity contribution in [1.29, 1.82) is 0 Å². The van der Waals surface area contributed by atoms with Gasteiger partial charge in [0.15, 0.2) is 0 Å². The molecular weight excluding hydrogens is 286 g/mol. The zero-order chi connectivity index (χ0) is 16.1. The van der Waals surface area contributed by atoms with Gasteiger partial charge in [0.1, 0.15) is 0 Å². The monoisotopic (exact) mass is 309 g/mol. The average Bonchev–Trinajstić information content (AvgIpc) is 2.63. The number of anilines is 2. The molecule has 2 N–H and O–H groups in total. The first-order valence-electron chi connectivity index (χ1n) is 8.14. The van der Waals surface area contributed by atoms with Gasteiger partial charge in [-0.15, -0.1) is 0 Å². The highest BCUT2D eigenvalue weighted by Gasteiger charge is 2.17. The van der Waals surface area contributed by atoms with E-state index >= 15 is 0 Å². The minimum Gasteiger partial charge on any atom is -0.316 e. The van der Waals surface area contributed by atoms with Crippen LogP contribution in [0.1, 0.15) is 24.3 Å². The van der Waals surface area contributed by atoms with E-state index in [0.717, 1.165) is 24.5 Å². The summed E-state index contributed by atoms with van der Waals surface area (Å²) in [6.07, 6.45) is 2.41. The Morgan fingerprint density at radius 2 is 2.00 bits per heavy atom. The molecule has 0 saturated carbocycles. The minimum atomic E-state index is -0.130. The number of piperidine rings is 1. The molecule has 4 heteroatoms. The maximum atomic E-state index is 12.4. The van der Waals surface area contributed by atoms with E-state index in [0.29, 0.717) is 5.92 Å². The second kappa shape index (κ2) is 7.29. The van der Waals surface area contributed by atoms with Crippen LogP contribution in [0.15, 0.2) is 54.6 Å². The highest BCUT2D eigenvalue weighted by Crippen LogP contribution is 2.26. The molecule has 3 rings (SSSR count). The third-order valence-corrected chi connectivity index (χ3v) is 4.36. The topological polar surface area (TPSA) is 44.4 Å². The lowest BCUT2D eigenvalue weighted by Crippen LogP contribution is -2.31. The van der Waals surface area contributed by atoms with E-state index in [1.165, 1.54) is 18.4 Å². The first kappa shape index (κ1) is 15.6. The van der Waals surface area contributed by atoms with Crippen molar-refractivity contribution in [3.05, 3.63) is 60.2 Å². The van der Waals surface area contributed by atoms with Crippen molar-refractivity contribution >= 4 is 17.4 Å². The summed E-state index contributed by atoms with van der Waals surface area (Å²) < 4.78 is 0. The number of amides is 2. The first-order chi connectivity index (χ1) is 11.2. The number of nitrogens with one attached hydrogen (secondary N) is 2. The lowest BCUT2D eigenvalue weighted by Gasteiger charge is -2.25. The Labute approximate surface area is 137 Å². The fourth-order valence-corrected chi connectivity index (χ4v) is 2.97. The van der Waals surface area contributed by atoms with Crippen LogP contribution in [0.4, 0.5) is 16.2 Å². The minimum absolute atomic E-state index is 0.130. The third-order valence-electron chi connectivity index (χ3n) is 4.36. The predicted octanol–water partition coefficient (Wildman–Crippen LogP) is 3.82. The van der Waals surface area contributed by atoms with Gasteiger partial charge >= 0.3 is 6.03 Å². The molecule has 0 spiro atoms. The summed E-state index contributed by atoms with van der Waals surface area (Å²) in [7, 11) is 1.80. The number of hydrogen-bond acceptors (Lipinski definition) is 2. The maximum absolute atomic E-state index is 12.4. The Hall–Kier alpha value is -2.33. The van der Waals surface area contributed by atoms with Crippen LogP contribution in [0.3, 0.4) is 0 Å². The molecule has 1 atom stereocenters. The number of benzene rings is 2. The van der Waals surface area contributed by atoms with Crippen molar-refractivity contribution < 1.29 is 4.79 Å². The second-order valence-corrected chi connectivity index (χ2v) is 5.99. The largest absolute Gasteiger partial charge is 0.326 e. The van der Waals surface area contributed by atoms with Crippen LogP contribution in [0.5, 0.6) is 0 Å². The van der Waals surface area contributed by atoms with E-state index in [4.69, 9.17) is 0 Å². The Kier molecular flexibility index (Phi) is 4.93. The van der Waals surface area contributed by atoms with E-state index in [-0.39, 0.29) is 6.03 Å². The third kappa shape index (κ3) is 3.90. The molecule has 1 aliphatic rings. The smallest absolute Gasteiger partial charge is 0.316 e. The molecule has 120 valence electrons. The number of urea groups is 1. The van der Waals surface area contributed by atoms with Gasteiger partial charge in [-0.25, -0.2) is 4.79 Å². The molecular formula is C19H23N3O. The van der Waals surface area contributed by atoms with Gasteiger partial charge in [-0.05, 0) is 55.1 Å². The van der Waals surface area contributed by atoms with Crippen LogP contribution in [0, 0.1) is 0 Å². The molecule has 0 radical (unpaired) electrons. The van der Waals surface area contributed by atoms with Crippen molar-refractivity contribution in [2.45, 2.75) is 18.8 Å². The molecule has 0 bridgehead atoms. The summed E-state index contributed by atoms with van der Waals surface area (Å²) in [5, 5.41) is 6.36. The second-order valence-electron chi connectivity index (χ2n) is 5.99. The van der Waals surface area contributed by atoms with Crippen LogP contribution < -0.4 is 15.5 Å². The summed E-state index contributed by atoms with van der Waals surface area (Å²) >= 11 is 0. The number of rotatable bonds is 3. The summed E-state index contributed by atoms with van der Waals surface area (Å²) in [6.45, 7) is 2.12. The highest BCUT2D eigenvalue weighted by atomic mass is 16.2. The van der Waals surface area contributed by atoms with Gasteiger partial charge in [-0.3, -0.25) is 4.90 Å².